The number of nitrogens with one attached hydrogen (secondary N) is 1. The first kappa shape index (κ1) is 24.7. The van der Waals surface area contributed by atoms with Gasteiger partial charge in [-0.1, -0.05) is 85.9 Å². The fourth-order valence-corrected chi connectivity index (χ4v) is 4.56. The lowest BCUT2D eigenvalue weighted by Crippen LogP contribution is -2.32. The van der Waals surface area contributed by atoms with Crippen molar-refractivity contribution in [2.24, 2.45) is 0 Å². The smallest absolute Gasteiger partial charge is 0.256 e. The first-order valence-corrected chi connectivity index (χ1v) is 12.3. The Hall–Kier alpha value is -2.46. The molecule has 1 amide bonds. The minimum absolute atomic E-state index is 0.0713. The summed E-state index contributed by atoms with van der Waals surface area (Å²) in [5, 5.41) is 2.48. The molecule has 1 N–H and O–H groups in total. The Morgan fingerprint density at radius 1 is 0.882 bits per heavy atom. The van der Waals surface area contributed by atoms with Gasteiger partial charge < -0.3 is 9.88 Å². The standard InChI is InChI=1S/C28H27Cl3N2O/c1-28(2,3)21-7-4-19(5-8-21)17-33(13-11-18-6-9-24(30)25(31)14-18)27(34)23-16-22(29)15-20-10-12-32-26(20)23/h4-10,12,14-16,32H,11,13,17H2,1-3H3. The lowest BCUT2D eigenvalue weighted by molar-refractivity contribution is 0.0747. The molecule has 34 heavy (non-hydrogen) atoms. The maximum absolute atomic E-state index is 13.8. The van der Waals surface area contributed by atoms with Crippen molar-refractivity contribution in [2.45, 2.75) is 39.2 Å². The van der Waals surface area contributed by atoms with E-state index in [2.05, 4.69) is 50.0 Å². The van der Waals surface area contributed by atoms with Crippen LogP contribution in [0.5, 0.6) is 0 Å². The number of fused-ring (bicyclic) bond motifs is 1. The molecule has 4 aromatic rings. The average molecular weight is 514 g/mol. The number of carbonyl (C=O) groups is 1. The largest absolute Gasteiger partial charge is 0.361 e. The maximum atomic E-state index is 13.8. The van der Waals surface area contributed by atoms with Gasteiger partial charge in [-0.2, -0.15) is 0 Å². The van der Waals surface area contributed by atoms with Crippen molar-refractivity contribution < 1.29 is 4.79 Å². The van der Waals surface area contributed by atoms with Crippen LogP contribution >= 0.6 is 34.8 Å². The zero-order chi connectivity index (χ0) is 24.5. The van der Waals surface area contributed by atoms with E-state index in [1.54, 1.807) is 12.1 Å². The van der Waals surface area contributed by atoms with Crippen LogP contribution < -0.4 is 0 Å². The van der Waals surface area contributed by atoms with E-state index in [0.717, 1.165) is 22.0 Å². The number of H-pyrrole nitrogens is 1. The van der Waals surface area contributed by atoms with E-state index in [4.69, 9.17) is 34.8 Å². The van der Waals surface area contributed by atoms with Crippen LogP contribution in [-0.2, 0) is 18.4 Å². The summed E-state index contributed by atoms with van der Waals surface area (Å²) in [5.74, 6) is -0.0742. The molecule has 3 nitrogen and oxygen atoms in total. The van der Waals surface area contributed by atoms with Crippen LogP contribution in [0.25, 0.3) is 10.9 Å². The number of halogens is 3. The van der Waals surface area contributed by atoms with E-state index in [1.165, 1.54) is 5.56 Å². The maximum Gasteiger partial charge on any atom is 0.256 e. The van der Waals surface area contributed by atoms with Gasteiger partial charge in [0.05, 0.1) is 21.1 Å². The summed E-state index contributed by atoms with van der Waals surface area (Å²) in [6.45, 7) is 7.58. The predicted molar refractivity (Wildman–Crippen MR) is 143 cm³/mol. The van der Waals surface area contributed by atoms with Gasteiger partial charge in [0.1, 0.15) is 0 Å². The molecule has 1 heterocycles. The first-order valence-electron chi connectivity index (χ1n) is 11.2. The third-order valence-electron chi connectivity index (χ3n) is 5.99. The molecule has 4 rings (SSSR count). The molecule has 0 saturated heterocycles. The second kappa shape index (κ2) is 10.0. The van der Waals surface area contributed by atoms with Crippen molar-refractivity contribution >= 4 is 51.6 Å². The summed E-state index contributed by atoms with van der Waals surface area (Å²) >= 11 is 18.6. The fraction of sp³-hybridized carbons (Fsp3) is 0.250. The molecule has 1 aromatic heterocycles. The topological polar surface area (TPSA) is 36.1 Å². The van der Waals surface area contributed by atoms with Crippen molar-refractivity contribution in [3.8, 4) is 0 Å². The normalized spacial score (nSPS) is 11.7. The zero-order valence-electron chi connectivity index (χ0n) is 19.5. The molecule has 0 aliphatic rings. The molecule has 0 bridgehead atoms. The molecule has 176 valence electrons. The van der Waals surface area contributed by atoms with Crippen molar-refractivity contribution in [2.75, 3.05) is 6.54 Å². The molecule has 0 spiro atoms. The summed E-state index contributed by atoms with van der Waals surface area (Å²) < 4.78 is 0. The van der Waals surface area contributed by atoms with Crippen LogP contribution in [0, 0.1) is 0 Å². The van der Waals surface area contributed by atoms with Crippen LogP contribution in [0.3, 0.4) is 0 Å². The second-order valence-corrected chi connectivity index (χ2v) is 10.8. The van der Waals surface area contributed by atoms with Crippen LogP contribution in [0.1, 0.15) is 47.8 Å². The Kier molecular flexibility index (Phi) is 7.28. The summed E-state index contributed by atoms with van der Waals surface area (Å²) in [4.78, 5) is 18.8. The van der Waals surface area contributed by atoms with E-state index in [0.29, 0.717) is 40.1 Å². The molecule has 0 fully saturated rings. The van der Waals surface area contributed by atoms with Crippen LogP contribution in [-0.4, -0.2) is 22.3 Å². The number of hydrogen-bond donors (Lipinski definition) is 1. The van der Waals surface area contributed by atoms with E-state index < -0.39 is 0 Å². The van der Waals surface area contributed by atoms with Crippen molar-refractivity contribution in [1.29, 1.82) is 0 Å². The van der Waals surface area contributed by atoms with E-state index in [-0.39, 0.29) is 11.3 Å². The minimum atomic E-state index is -0.0742. The zero-order valence-corrected chi connectivity index (χ0v) is 21.7. The van der Waals surface area contributed by atoms with E-state index in [9.17, 15) is 4.79 Å². The van der Waals surface area contributed by atoms with Crippen molar-refractivity contribution in [1.82, 2.24) is 9.88 Å². The summed E-state index contributed by atoms with van der Waals surface area (Å²) in [6.07, 6.45) is 2.47. The number of nitrogens with zero attached hydrogens (tertiary/aromatic N) is 1. The third-order valence-corrected chi connectivity index (χ3v) is 6.95. The Morgan fingerprint density at radius 2 is 1.59 bits per heavy atom. The monoisotopic (exact) mass is 512 g/mol. The van der Waals surface area contributed by atoms with Crippen molar-refractivity contribution in [3.63, 3.8) is 0 Å². The van der Waals surface area contributed by atoms with Crippen molar-refractivity contribution in [3.05, 3.63) is 104 Å². The summed E-state index contributed by atoms with van der Waals surface area (Å²) in [7, 11) is 0. The molecule has 0 unspecified atom stereocenters. The Labute approximate surface area is 215 Å². The van der Waals surface area contributed by atoms with E-state index >= 15 is 0 Å². The quantitative estimate of drug-likeness (QED) is 0.276. The Balaban J connectivity index is 1.64. The Morgan fingerprint density at radius 3 is 2.26 bits per heavy atom. The van der Waals surface area contributed by atoms with Gasteiger partial charge in [-0.05, 0) is 58.9 Å². The predicted octanol–water partition coefficient (Wildman–Crippen LogP) is 8.31. The molecule has 0 aliphatic carbocycles. The lowest BCUT2D eigenvalue weighted by atomic mass is 9.87. The third kappa shape index (κ3) is 5.60. The van der Waals surface area contributed by atoms with Gasteiger partial charge in [0, 0.05) is 29.7 Å². The number of aromatic amines is 1. The van der Waals surface area contributed by atoms with E-state index in [1.807, 2.05) is 35.4 Å². The lowest BCUT2D eigenvalue weighted by Gasteiger charge is -2.25. The van der Waals surface area contributed by atoms with Gasteiger partial charge in [-0.15, -0.1) is 0 Å². The highest BCUT2D eigenvalue weighted by Gasteiger charge is 2.21. The number of benzene rings is 3. The first-order chi connectivity index (χ1) is 16.1. The highest BCUT2D eigenvalue weighted by atomic mass is 35.5. The highest BCUT2D eigenvalue weighted by molar-refractivity contribution is 6.42. The molecule has 0 radical (unpaired) electrons. The molecule has 0 saturated carbocycles. The number of rotatable bonds is 6. The van der Waals surface area contributed by atoms with Gasteiger partial charge in [-0.3, -0.25) is 4.79 Å². The van der Waals surface area contributed by atoms with Gasteiger partial charge in [0.2, 0.25) is 0 Å². The van der Waals surface area contributed by atoms with Crippen LogP contribution in [0.2, 0.25) is 15.1 Å². The summed E-state index contributed by atoms with van der Waals surface area (Å²) in [5.41, 5.74) is 4.77. The van der Waals surface area contributed by atoms with Crippen LogP contribution in [0.4, 0.5) is 0 Å². The average Bonchev–Trinajstić information content (AvgIpc) is 3.26. The molecule has 0 atom stereocenters. The number of aromatic nitrogens is 1. The van der Waals surface area contributed by atoms with Gasteiger partial charge in [0.15, 0.2) is 0 Å². The molecule has 6 heteroatoms. The number of hydrogen-bond acceptors (Lipinski definition) is 1. The molecular weight excluding hydrogens is 487 g/mol. The van der Waals surface area contributed by atoms with Gasteiger partial charge in [0.25, 0.3) is 5.91 Å². The van der Waals surface area contributed by atoms with Crippen LogP contribution in [0.15, 0.2) is 66.9 Å². The van der Waals surface area contributed by atoms with Gasteiger partial charge >= 0.3 is 0 Å². The Bertz CT molecular complexity index is 1320. The van der Waals surface area contributed by atoms with Gasteiger partial charge in [-0.25, -0.2) is 0 Å². The second-order valence-electron chi connectivity index (χ2n) is 9.57. The highest BCUT2D eigenvalue weighted by Crippen LogP contribution is 2.27. The summed E-state index contributed by atoms with van der Waals surface area (Å²) in [6, 6.07) is 19.6. The molecule has 0 aliphatic heterocycles. The molecule has 3 aromatic carbocycles. The number of amides is 1. The number of carbonyl (C=O) groups excluding carboxylic acids is 1. The SMILES string of the molecule is CC(C)(C)c1ccc(CN(CCc2ccc(Cl)c(Cl)c2)C(=O)c2cc(Cl)cc3cc[nH]c23)cc1. The fourth-order valence-electron chi connectivity index (χ4n) is 4.02. The molecular formula is C28H27Cl3N2O. The minimum Gasteiger partial charge on any atom is -0.361 e.